The lowest BCUT2D eigenvalue weighted by atomic mass is 10.2. The average Bonchev–Trinajstić information content (AvgIpc) is 2.15. The number of benzene rings is 1. The normalized spacial score (nSPS) is 10.1. The minimum absolute atomic E-state index is 0.0205. The second kappa shape index (κ2) is 5.04. The fourth-order valence-corrected chi connectivity index (χ4v) is 1.20. The zero-order valence-electron chi connectivity index (χ0n) is 6.96. The van der Waals surface area contributed by atoms with Gasteiger partial charge in [-0.2, -0.15) is 0 Å². The van der Waals surface area contributed by atoms with E-state index in [4.69, 9.17) is 21.4 Å². The molecule has 0 aliphatic carbocycles. The van der Waals surface area contributed by atoms with E-state index in [2.05, 4.69) is 0 Å². The van der Waals surface area contributed by atoms with Crippen molar-refractivity contribution in [1.29, 1.82) is 0 Å². The Bertz CT molecular complexity index is 278. The van der Waals surface area contributed by atoms with E-state index in [0.29, 0.717) is 16.3 Å². The van der Waals surface area contributed by atoms with Crippen LogP contribution in [0.1, 0.15) is 5.56 Å². The molecule has 0 saturated carbocycles. The molecule has 0 fully saturated rings. The highest BCUT2D eigenvalue weighted by Crippen LogP contribution is 2.26. The lowest BCUT2D eigenvalue weighted by Crippen LogP contribution is -2.01. The van der Waals surface area contributed by atoms with E-state index in [0.717, 1.165) is 0 Å². The average molecular weight is 205 g/mol. The maximum Gasteiger partial charge on any atom is 0.126 e. The summed E-state index contributed by atoms with van der Waals surface area (Å²) in [6, 6.07) is 4.98. The fraction of sp³-hybridized carbons (Fsp3) is 0.333. The molecule has 2 nitrogen and oxygen atoms in total. The Morgan fingerprint density at radius 1 is 1.46 bits per heavy atom. The van der Waals surface area contributed by atoms with Gasteiger partial charge in [-0.05, 0) is 12.1 Å². The topological polar surface area (TPSA) is 29.5 Å². The molecule has 0 aliphatic rings. The minimum atomic E-state index is -0.558. The van der Waals surface area contributed by atoms with E-state index in [-0.39, 0.29) is 13.2 Å². The number of aliphatic hydroxyl groups is 1. The second-order valence-electron chi connectivity index (χ2n) is 2.41. The molecule has 0 heterocycles. The molecule has 0 atom stereocenters. The molecule has 1 N–H and O–H groups in total. The van der Waals surface area contributed by atoms with Gasteiger partial charge in [0.25, 0.3) is 0 Å². The Kier molecular flexibility index (Phi) is 3.99. The van der Waals surface area contributed by atoms with Gasteiger partial charge in [0, 0.05) is 10.6 Å². The first kappa shape index (κ1) is 10.3. The van der Waals surface area contributed by atoms with Crippen LogP contribution >= 0.6 is 11.6 Å². The third kappa shape index (κ3) is 2.57. The van der Waals surface area contributed by atoms with Crippen molar-refractivity contribution in [2.75, 3.05) is 13.3 Å². The molecule has 13 heavy (non-hydrogen) atoms. The molecular formula is C9H10ClFO2. The standard InChI is InChI=1S/C9H10ClFO2/c10-8-2-1-3-9(7(8)6-12)13-5-4-11/h1-3,12H,4-6H2. The molecule has 1 aromatic rings. The van der Waals surface area contributed by atoms with Crippen molar-refractivity contribution in [2.24, 2.45) is 0 Å². The predicted octanol–water partition coefficient (Wildman–Crippen LogP) is 2.18. The number of alkyl halides is 1. The summed E-state index contributed by atoms with van der Waals surface area (Å²) in [5.74, 6) is 0.438. The molecule has 1 rings (SSSR count). The molecule has 0 radical (unpaired) electrons. The smallest absolute Gasteiger partial charge is 0.126 e. The van der Waals surface area contributed by atoms with Crippen LogP contribution in [-0.2, 0) is 6.61 Å². The van der Waals surface area contributed by atoms with Gasteiger partial charge in [0.2, 0.25) is 0 Å². The Hall–Kier alpha value is -0.800. The quantitative estimate of drug-likeness (QED) is 0.815. The first-order valence-corrected chi connectivity index (χ1v) is 4.24. The van der Waals surface area contributed by atoms with Crippen molar-refractivity contribution in [3.05, 3.63) is 28.8 Å². The van der Waals surface area contributed by atoms with Gasteiger partial charge in [-0.1, -0.05) is 17.7 Å². The van der Waals surface area contributed by atoms with Crippen LogP contribution in [0.3, 0.4) is 0 Å². The Morgan fingerprint density at radius 2 is 2.23 bits per heavy atom. The van der Waals surface area contributed by atoms with E-state index < -0.39 is 6.67 Å². The van der Waals surface area contributed by atoms with Crippen molar-refractivity contribution < 1.29 is 14.2 Å². The highest BCUT2D eigenvalue weighted by Gasteiger charge is 2.06. The maximum atomic E-state index is 11.8. The van der Waals surface area contributed by atoms with Crippen LogP contribution in [0.15, 0.2) is 18.2 Å². The highest BCUT2D eigenvalue weighted by molar-refractivity contribution is 6.31. The third-order valence-electron chi connectivity index (χ3n) is 1.57. The fourth-order valence-electron chi connectivity index (χ4n) is 0.976. The Balaban J connectivity index is 2.85. The van der Waals surface area contributed by atoms with E-state index >= 15 is 0 Å². The van der Waals surface area contributed by atoms with Gasteiger partial charge in [0.15, 0.2) is 0 Å². The van der Waals surface area contributed by atoms with Crippen molar-refractivity contribution >= 4 is 11.6 Å². The summed E-state index contributed by atoms with van der Waals surface area (Å²) < 4.78 is 16.8. The summed E-state index contributed by atoms with van der Waals surface area (Å²) >= 11 is 5.77. The van der Waals surface area contributed by atoms with Crippen molar-refractivity contribution in [3.8, 4) is 5.75 Å². The molecule has 0 bridgehead atoms. The van der Waals surface area contributed by atoms with Crippen LogP contribution in [-0.4, -0.2) is 18.4 Å². The molecule has 0 saturated heterocycles. The molecule has 0 amide bonds. The van der Waals surface area contributed by atoms with E-state index in [9.17, 15) is 4.39 Å². The molecule has 0 unspecified atom stereocenters. The lowest BCUT2D eigenvalue weighted by Gasteiger charge is -2.09. The van der Waals surface area contributed by atoms with Crippen LogP contribution in [0.4, 0.5) is 4.39 Å². The highest BCUT2D eigenvalue weighted by atomic mass is 35.5. The first-order valence-electron chi connectivity index (χ1n) is 3.86. The van der Waals surface area contributed by atoms with Gasteiger partial charge < -0.3 is 9.84 Å². The summed E-state index contributed by atoms with van der Waals surface area (Å²) in [6.45, 7) is -0.786. The van der Waals surface area contributed by atoms with Gasteiger partial charge >= 0.3 is 0 Å². The molecule has 0 spiro atoms. The van der Waals surface area contributed by atoms with Crippen LogP contribution in [0.2, 0.25) is 5.02 Å². The van der Waals surface area contributed by atoms with Crippen LogP contribution in [0.5, 0.6) is 5.75 Å². The van der Waals surface area contributed by atoms with Crippen molar-refractivity contribution in [1.82, 2.24) is 0 Å². The zero-order valence-corrected chi connectivity index (χ0v) is 7.72. The Morgan fingerprint density at radius 3 is 2.85 bits per heavy atom. The van der Waals surface area contributed by atoms with Gasteiger partial charge in [0.1, 0.15) is 19.0 Å². The van der Waals surface area contributed by atoms with Gasteiger partial charge in [0.05, 0.1) is 6.61 Å². The van der Waals surface area contributed by atoms with Crippen molar-refractivity contribution in [3.63, 3.8) is 0 Å². The van der Waals surface area contributed by atoms with Crippen molar-refractivity contribution in [2.45, 2.75) is 6.61 Å². The number of rotatable bonds is 4. The van der Waals surface area contributed by atoms with E-state index in [1.54, 1.807) is 18.2 Å². The molecule has 0 aromatic heterocycles. The third-order valence-corrected chi connectivity index (χ3v) is 1.92. The molecule has 0 aliphatic heterocycles. The second-order valence-corrected chi connectivity index (χ2v) is 2.82. The largest absolute Gasteiger partial charge is 0.490 e. The lowest BCUT2D eigenvalue weighted by molar-refractivity contribution is 0.248. The predicted molar refractivity (Wildman–Crippen MR) is 48.8 cm³/mol. The number of hydrogen-bond donors (Lipinski definition) is 1. The Labute approximate surface area is 80.9 Å². The number of hydrogen-bond acceptors (Lipinski definition) is 2. The number of ether oxygens (including phenoxy) is 1. The molecule has 72 valence electrons. The minimum Gasteiger partial charge on any atom is -0.490 e. The maximum absolute atomic E-state index is 11.8. The monoisotopic (exact) mass is 204 g/mol. The van der Waals surface area contributed by atoms with Crippen LogP contribution in [0, 0.1) is 0 Å². The number of halogens is 2. The summed E-state index contributed by atoms with van der Waals surface area (Å²) in [6.07, 6.45) is 0. The molecule has 1 aromatic carbocycles. The van der Waals surface area contributed by atoms with Gasteiger partial charge in [-0.3, -0.25) is 0 Å². The summed E-state index contributed by atoms with van der Waals surface area (Å²) in [7, 11) is 0. The number of aliphatic hydroxyl groups excluding tert-OH is 1. The zero-order chi connectivity index (χ0) is 9.68. The van der Waals surface area contributed by atoms with E-state index in [1.165, 1.54) is 0 Å². The first-order chi connectivity index (χ1) is 6.29. The van der Waals surface area contributed by atoms with Gasteiger partial charge in [-0.15, -0.1) is 0 Å². The summed E-state index contributed by atoms with van der Waals surface area (Å²) in [5, 5.41) is 9.37. The molecule has 4 heteroatoms. The van der Waals surface area contributed by atoms with Crippen LogP contribution < -0.4 is 4.74 Å². The van der Waals surface area contributed by atoms with E-state index in [1.807, 2.05) is 0 Å². The van der Waals surface area contributed by atoms with Crippen LogP contribution in [0.25, 0.3) is 0 Å². The summed E-state index contributed by atoms with van der Waals surface area (Å²) in [4.78, 5) is 0. The molecular weight excluding hydrogens is 195 g/mol. The SMILES string of the molecule is OCc1c(Cl)cccc1OCCF. The summed E-state index contributed by atoms with van der Waals surface area (Å²) in [5.41, 5.74) is 0.498. The van der Waals surface area contributed by atoms with Gasteiger partial charge in [-0.25, -0.2) is 4.39 Å².